The summed E-state index contributed by atoms with van der Waals surface area (Å²) in [7, 11) is 0. The van der Waals surface area contributed by atoms with Crippen LogP contribution >= 0.6 is 0 Å². The van der Waals surface area contributed by atoms with E-state index >= 15 is 0 Å². The van der Waals surface area contributed by atoms with Crippen molar-refractivity contribution in [3.05, 3.63) is 65.5 Å². The van der Waals surface area contributed by atoms with Crippen LogP contribution in [0.25, 0.3) is 0 Å². The van der Waals surface area contributed by atoms with Crippen LogP contribution in [0.4, 0.5) is 0 Å². The molecule has 5 nitrogen and oxygen atoms in total. The van der Waals surface area contributed by atoms with Crippen LogP contribution in [0.2, 0.25) is 0 Å². The summed E-state index contributed by atoms with van der Waals surface area (Å²) in [5.41, 5.74) is 4.07. The zero-order chi connectivity index (χ0) is 18.9. The van der Waals surface area contributed by atoms with Gasteiger partial charge < -0.3 is 4.90 Å². The van der Waals surface area contributed by atoms with Gasteiger partial charge in [-0.25, -0.2) is 8.93 Å². The smallest absolute Gasteiger partial charge is 0.232 e. The zero-order valence-corrected chi connectivity index (χ0v) is 16.5. The number of nitrogens with one attached hydrogen (secondary N) is 1. The molecule has 4 rings (SSSR count). The van der Waals surface area contributed by atoms with Crippen molar-refractivity contribution < 1.29 is 8.76 Å². The average Bonchev–Trinajstić information content (AvgIpc) is 3.03. The van der Waals surface area contributed by atoms with Crippen LogP contribution < -0.4 is 4.72 Å². The number of rotatable bonds is 8. The summed E-state index contributed by atoms with van der Waals surface area (Å²) in [5, 5.41) is 0. The predicted octanol–water partition coefficient (Wildman–Crippen LogP) is 2.76. The summed E-state index contributed by atoms with van der Waals surface area (Å²) in [5.74, 6) is 1.46. The number of benzene rings is 1. The lowest BCUT2D eigenvalue weighted by atomic mass is 9.91. The first-order valence-corrected chi connectivity index (χ1v) is 10.7. The molecule has 0 bridgehead atoms. The van der Waals surface area contributed by atoms with Crippen molar-refractivity contribution in [3.63, 3.8) is 0 Å². The Kier molecular flexibility index (Phi) is 5.41. The molecule has 0 radical (unpaired) electrons. The van der Waals surface area contributed by atoms with Gasteiger partial charge in [0.05, 0.1) is 0 Å². The highest BCUT2D eigenvalue weighted by atomic mass is 32.2. The Bertz CT molecular complexity index is 802. The first-order valence-electron chi connectivity index (χ1n) is 9.62. The van der Waals surface area contributed by atoms with Gasteiger partial charge >= 0.3 is 0 Å². The first kappa shape index (κ1) is 18.7. The number of aryl methyl sites for hydroxylation is 1. The third-order valence-corrected chi connectivity index (χ3v) is 6.86. The van der Waals surface area contributed by atoms with E-state index in [9.17, 15) is 4.21 Å². The lowest BCUT2D eigenvalue weighted by Gasteiger charge is -2.24. The van der Waals surface area contributed by atoms with Crippen LogP contribution in [-0.2, 0) is 29.6 Å². The Morgan fingerprint density at radius 1 is 1.22 bits per heavy atom. The highest BCUT2D eigenvalue weighted by molar-refractivity contribution is 7.77. The second-order valence-electron chi connectivity index (χ2n) is 7.98. The van der Waals surface area contributed by atoms with Crippen molar-refractivity contribution in [2.24, 2.45) is 11.8 Å². The normalized spacial score (nSPS) is 28.1. The van der Waals surface area contributed by atoms with Crippen LogP contribution in [0.5, 0.6) is 0 Å². The molecular formula is C21H27N3O2S. The third-order valence-electron chi connectivity index (χ3n) is 6.46. The third kappa shape index (κ3) is 3.99. The molecule has 1 saturated carbocycles. The Balaban J connectivity index is 1.29. The van der Waals surface area contributed by atoms with E-state index in [0.29, 0.717) is 6.54 Å². The fourth-order valence-corrected chi connectivity index (χ4v) is 5.08. The lowest BCUT2D eigenvalue weighted by Crippen LogP contribution is -2.30. The molecule has 2 fully saturated rings. The number of aromatic nitrogens is 1. The Hall–Kier alpha value is -1.60. The van der Waals surface area contributed by atoms with Crippen molar-refractivity contribution >= 4 is 11.3 Å². The van der Waals surface area contributed by atoms with Gasteiger partial charge in [0.15, 0.2) is 0 Å². The van der Waals surface area contributed by atoms with E-state index in [1.54, 1.807) is 0 Å². The number of fused-ring (bicyclic) bond motifs is 1. The van der Waals surface area contributed by atoms with E-state index in [4.69, 9.17) is 4.55 Å². The fourth-order valence-electron chi connectivity index (χ4n) is 4.79. The maximum absolute atomic E-state index is 10.8. The molecule has 27 heavy (non-hydrogen) atoms. The summed E-state index contributed by atoms with van der Waals surface area (Å²) in [6, 6.07) is 12.7. The van der Waals surface area contributed by atoms with Gasteiger partial charge in [0.25, 0.3) is 0 Å². The van der Waals surface area contributed by atoms with Crippen LogP contribution in [0.3, 0.4) is 0 Å². The van der Waals surface area contributed by atoms with Crippen molar-refractivity contribution in [1.29, 1.82) is 0 Å². The number of hydrogen-bond donors (Lipinski definition) is 2. The predicted molar refractivity (Wildman–Crippen MR) is 107 cm³/mol. The second kappa shape index (κ2) is 7.80. The molecule has 2 aliphatic rings. The Labute approximate surface area is 163 Å². The molecule has 3 unspecified atom stereocenters. The van der Waals surface area contributed by atoms with Crippen molar-refractivity contribution in [2.45, 2.75) is 31.7 Å². The van der Waals surface area contributed by atoms with Gasteiger partial charge in [-0.05, 0) is 60.0 Å². The van der Waals surface area contributed by atoms with E-state index in [-0.39, 0.29) is 5.41 Å². The monoisotopic (exact) mass is 385 g/mol. The van der Waals surface area contributed by atoms with Crippen molar-refractivity contribution in [3.8, 4) is 0 Å². The molecule has 2 N–H and O–H groups in total. The lowest BCUT2D eigenvalue weighted by molar-refractivity contribution is 0.274. The van der Waals surface area contributed by atoms with Gasteiger partial charge in [0, 0.05) is 37.4 Å². The minimum Gasteiger partial charge on any atom is -0.303 e. The van der Waals surface area contributed by atoms with Gasteiger partial charge in [-0.3, -0.25) is 9.54 Å². The summed E-state index contributed by atoms with van der Waals surface area (Å²) in [6.45, 7) is 6.33. The average molecular weight is 386 g/mol. The molecule has 144 valence electrons. The number of pyridine rings is 1. The van der Waals surface area contributed by atoms with E-state index in [2.05, 4.69) is 51.9 Å². The van der Waals surface area contributed by atoms with E-state index in [1.165, 1.54) is 30.6 Å². The standard InChI is InChI=1S/C21H27N3O2S/c1-21(18-6-2-4-17(12-18)13-23-27(25)26)19-14-24(15-20(19)21)11-3-5-16-7-9-22-10-8-16/h2,4,6-10,12,19-20,23H,3,5,11,13-15H2,1H3,(H,25,26). The maximum Gasteiger partial charge on any atom is 0.232 e. The molecule has 1 aromatic carbocycles. The van der Waals surface area contributed by atoms with Crippen LogP contribution in [0, 0.1) is 11.8 Å². The van der Waals surface area contributed by atoms with Crippen molar-refractivity contribution in [1.82, 2.24) is 14.6 Å². The number of hydrogen-bond acceptors (Lipinski definition) is 3. The highest BCUT2D eigenvalue weighted by Crippen LogP contribution is 2.63. The van der Waals surface area contributed by atoms with Crippen LogP contribution in [0.15, 0.2) is 48.8 Å². The molecule has 1 aliphatic heterocycles. The molecule has 1 aromatic heterocycles. The first-order chi connectivity index (χ1) is 13.1. The van der Waals surface area contributed by atoms with Gasteiger partial charge in [0.2, 0.25) is 11.3 Å². The van der Waals surface area contributed by atoms with Gasteiger partial charge in [-0.15, -0.1) is 0 Å². The minimum atomic E-state index is -1.96. The second-order valence-corrected chi connectivity index (χ2v) is 8.77. The van der Waals surface area contributed by atoms with E-state index in [1.807, 2.05) is 18.5 Å². The summed E-state index contributed by atoms with van der Waals surface area (Å²) >= 11 is -1.96. The molecule has 1 saturated heterocycles. The minimum absolute atomic E-state index is 0.260. The van der Waals surface area contributed by atoms with E-state index < -0.39 is 11.3 Å². The molecule has 2 aromatic rings. The fraction of sp³-hybridized carbons (Fsp3) is 0.476. The molecular weight excluding hydrogens is 358 g/mol. The van der Waals surface area contributed by atoms with Crippen LogP contribution in [-0.4, -0.2) is 38.3 Å². The van der Waals surface area contributed by atoms with Gasteiger partial charge in [-0.2, -0.15) is 0 Å². The van der Waals surface area contributed by atoms with Crippen molar-refractivity contribution in [2.75, 3.05) is 19.6 Å². The molecule has 0 spiro atoms. The summed E-state index contributed by atoms with van der Waals surface area (Å²) < 4.78 is 22.3. The SMILES string of the molecule is CC1(c2cccc(CNS(=O)O)c2)C2CN(CCCc3ccncc3)CC21. The molecule has 3 atom stereocenters. The topological polar surface area (TPSA) is 65.5 Å². The number of likely N-dealkylation sites (tertiary alicyclic amines) is 1. The quantitative estimate of drug-likeness (QED) is 0.686. The summed E-state index contributed by atoms with van der Waals surface area (Å²) in [4.78, 5) is 6.69. The van der Waals surface area contributed by atoms with Gasteiger partial charge in [0.1, 0.15) is 0 Å². The molecule has 1 aliphatic carbocycles. The maximum atomic E-state index is 10.8. The number of nitrogens with zero attached hydrogens (tertiary/aromatic N) is 2. The Morgan fingerprint density at radius 2 is 1.96 bits per heavy atom. The molecule has 2 heterocycles. The largest absolute Gasteiger partial charge is 0.303 e. The number of piperidine rings is 1. The molecule has 6 heteroatoms. The Morgan fingerprint density at radius 3 is 2.67 bits per heavy atom. The molecule has 0 amide bonds. The van der Waals surface area contributed by atoms with Crippen LogP contribution in [0.1, 0.15) is 30.0 Å². The summed E-state index contributed by atoms with van der Waals surface area (Å²) in [6.07, 6.45) is 6.05. The van der Waals surface area contributed by atoms with Gasteiger partial charge in [-0.1, -0.05) is 31.2 Å². The highest BCUT2D eigenvalue weighted by Gasteiger charge is 2.65. The van der Waals surface area contributed by atoms with E-state index in [0.717, 1.165) is 30.4 Å². The zero-order valence-electron chi connectivity index (χ0n) is 15.7.